The lowest BCUT2D eigenvalue weighted by Crippen LogP contribution is -2.42. The number of hydrogen-bond acceptors (Lipinski definition) is 2. The minimum absolute atomic E-state index is 0.317. The Morgan fingerprint density at radius 1 is 1.31 bits per heavy atom. The molecule has 0 bridgehead atoms. The van der Waals surface area contributed by atoms with E-state index in [4.69, 9.17) is 4.74 Å². The van der Waals surface area contributed by atoms with Gasteiger partial charge in [-0.1, -0.05) is 26.2 Å². The molecule has 0 radical (unpaired) electrons. The Balaban J connectivity index is 2.61. The molecular formula is C11H20O2. The van der Waals surface area contributed by atoms with E-state index in [0.29, 0.717) is 12.2 Å². The van der Waals surface area contributed by atoms with Crippen LogP contribution in [-0.2, 0) is 9.53 Å². The molecule has 0 aliphatic heterocycles. The van der Waals surface area contributed by atoms with Gasteiger partial charge in [-0.3, -0.25) is 4.79 Å². The molecular weight excluding hydrogens is 164 g/mol. The van der Waals surface area contributed by atoms with Crippen LogP contribution in [0.3, 0.4) is 0 Å². The first-order valence-electron chi connectivity index (χ1n) is 5.33. The van der Waals surface area contributed by atoms with E-state index in [1.54, 1.807) is 7.11 Å². The number of Topliss-reactive ketones (excluding diaryl/α,β-unsaturated/α-hetero) is 1. The fourth-order valence-electron chi connectivity index (χ4n) is 2.17. The van der Waals surface area contributed by atoms with Gasteiger partial charge in [0.1, 0.15) is 5.60 Å². The second kappa shape index (κ2) is 4.75. The van der Waals surface area contributed by atoms with Gasteiger partial charge in [0.25, 0.3) is 0 Å². The first kappa shape index (κ1) is 10.7. The van der Waals surface area contributed by atoms with E-state index in [-0.39, 0.29) is 0 Å². The van der Waals surface area contributed by atoms with Gasteiger partial charge in [0.2, 0.25) is 0 Å². The van der Waals surface area contributed by atoms with Gasteiger partial charge in [0.05, 0.1) is 0 Å². The van der Waals surface area contributed by atoms with Crippen molar-refractivity contribution >= 4 is 5.78 Å². The number of ketones is 1. The van der Waals surface area contributed by atoms with Crippen LogP contribution in [0.25, 0.3) is 0 Å². The summed E-state index contributed by atoms with van der Waals surface area (Å²) in [6.07, 6.45) is 7.01. The average Bonchev–Trinajstić information content (AvgIpc) is 2.19. The van der Waals surface area contributed by atoms with Crippen molar-refractivity contribution in [2.24, 2.45) is 0 Å². The molecule has 0 aromatic rings. The van der Waals surface area contributed by atoms with Crippen LogP contribution < -0.4 is 0 Å². The summed E-state index contributed by atoms with van der Waals surface area (Å²) in [6, 6.07) is 0. The summed E-state index contributed by atoms with van der Waals surface area (Å²) >= 11 is 0. The summed E-state index contributed by atoms with van der Waals surface area (Å²) < 4.78 is 5.44. The zero-order valence-electron chi connectivity index (χ0n) is 8.77. The molecule has 0 heterocycles. The largest absolute Gasteiger partial charge is 0.370 e. The number of ether oxygens (including phenoxy) is 1. The van der Waals surface area contributed by atoms with Crippen molar-refractivity contribution in [1.29, 1.82) is 0 Å². The average molecular weight is 184 g/mol. The van der Waals surface area contributed by atoms with Crippen molar-refractivity contribution in [3.63, 3.8) is 0 Å². The molecule has 1 rings (SSSR count). The van der Waals surface area contributed by atoms with Gasteiger partial charge in [-0.2, -0.15) is 0 Å². The maximum atomic E-state index is 11.8. The number of methoxy groups -OCH3 is 1. The SMILES string of the molecule is CCCC(=O)C1(OC)CCCCC1. The molecule has 0 unspecified atom stereocenters. The normalized spacial score (nSPS) is 21.4. The van der Waals surface area contributed by atoms with Gasteiger partial charge in [-0.05, 0) is 19.3 Å². The number of carbonyl (C=O) groups excluding carboxylic acids is 1. The summed E-state index contributed by atoms with van der Waals surface area (Å²) in [5, 5.41) is 0. The zero-order valence-corrected chi connectivity index (χ0v) is 8.77. The molecule has 1 aliphatic carbocycles. The Bertz CT molecular complexity index is 169. The lowest BCUT2D eigenvalue weighted by Gasteiger charge is -2.34. The third-order valence-electron chi connectivity index (χ3n) is 3.04. The van der Waals surface area contributed by atoms with Crippen LogP contribution in [0.2, 0.25) is 0 Å². The topological polar surface area (TPSA) is 26.3 Å². The van der Waals surface area contributed by atoms with E-state index in [0.717, 1.165) is 32.1 Å². The van der Waals surface area contributed by atoms with Crippen LogP contribution in [0, 0.1) is 0 Å². The molecule has 0 atom stereocenters. The predicted molar refractivity (Wildman–Crippen MR) is 52.7 cm³/mol. The van der Waals surface area contributed by atoms with E-state index in [1.165, 1.54) is 6.42 Å². The number of carbonyl (C=O) groups is 1. The highest BCUT2D eigenvalue weighted by Crippen LogP contribution is 2.32. The summed E-state index contributed by atoms with van der Waals surface area (Å²) in [5.41, 5.74) is -0.408. The number of hydrogen-bond donors (Lipinski definition) is 0. The molecule has 0 N–H and O–H groups in total. The van der Waals surface area contributed by atoms with Gasteiger partial charge in [0, 0.05) is 13.5 Å². The second-order valence-electron chi connectivity index (χ2n) is 3.93. The highest BCUT2D eigenvalue weighted by Gasteiger charge is 2.38. The Hall–Kier alpha value is -0.370. The van der Waals surface area contributed by atoms with E-state index in [9.17, 15) is 4.79 Å². The van der Waals surface area contributed by atoms with Gasteiger partial charge < -0.3 is 4.74 Å². The molecule has 0 amide bonds. The van der Waals surface area contributed by atoms with Crippen molar-refractivity contribution in [1.82, 2.24) is 0 Å². The Morgan fingerprint density at radius 3 is 2.38 bits per heavy atom. The Kier molecular flexibility index (Phi) is 3.91. The quantitative estimate of drug-likeness (QED) is 0.671. The van der Waals surface area contributed by atoms with Crippen LogP contribution in [0.4, 0.5) is 0 Å². The van der Waals surface area contributed by atoms with Crippen LogP contribution in [0.15, 0.2) is 0 Å². The Labute approximate surface area is 80.7 Å². The minimum atomic E-state index is -0.408. The van der Waals surface area contributed by atoms with Gasteiger partial charge in [0.15, 0.2) is 5.78 Å². The minimum Gasteiger partial charge on any atom is -0.370 e. The third kappa shape index (κ3) is 2.31. The standard InChI is InChI=1S/C11H20O2/c1-3-7-10(12)11(13-2)8-5-4-6-9-11/h3-9H2,1-2H3. The van der Waals surface area contributed by atoms with Gasteiger partial charge in [-0.25, -0.2) is 0 Å². The highest BCUT2D eigenvalue weighted by atomic mass is 16.5. The molecule has 1 fully saturated rings. The van der Waals surface area contributed by atoms with Crippen molar-refractivity contribution in [3.8, 4) is 0 Å². The van der Waals surface area contributed by atoms with Crippen molar-refractivity contribution < 1.29 is 9.53 Å². The zero-order chi connectivity index (χ0) is 9.73. The van der Waals surface area contributed by atoms with Gasteiger partial charge in [-0.15, -0.1) is 0 Å². The van der Waals surface area contributed by atoms with E-state index >= 15 is 0 Å². The molecule has 2 heteroatoms. The second-order valence-corrected chi connectivity index (χ2v) is 3.93. The Morgan fingerprint density at radius 2 is 1.92 bits per heavy atom. The molecule has 1 saturated carbocycles. The van der Waals surface area contributed by atoms with Crippen molar-refractivity contribution in [3.05, 3.63) is 0 Å². The van der Waals surface area contributed by atoms with Crippen LogP contribution >= 0.6 is 0 Å². The monoisotopic (exact) mass is 184 g/mol. The predicted octanol–water partition coefficient (Wildman–Crippen LogP) is 2.70. The smallest absolute Gasteiger partial charge is 0.164 e. The summed E-state index contributed by atoms with van der Waals surface area (Å²) in [5.74, 6) is 0.317. The molecule has 2 nitrogen and oxygen atoms in total. The molecule has 1 aliphatic rings. The van der Waals surface area contributed by atoms with Crippen LogP contribution in [0.5, 0.6) is 0 Å². The molecule has 0 saturated heterocycles. The molecule has 0 aromatic heterocycles. The molecule has 0 aromatic carbocycles. The first-order valence-corrected chi connectivity index (χ1v) is 5.33. The van der Waals surface area contributed by atoms with Crippen LogP contribution in [0.1, 0.15) is 51.9 Å². The molecule has 76 valence electrons. The van der Waals surface area contributed by atoms with Crippen molar-refractivity contribution in [2.45, 2.75) is 57.5 Å². The highest BCUT2D eigenvalue weighted by molar-refractivity contribution is 5.87. The fraction of sp³-hybridized carbons (Fsp3) is 0.909. The maximum Gasteiger partial charge on any atom is 0.164 e. The lowest BCUT2D eigenvalue weighted by atomic mass is 9.80. The van der Waals surface area contributed by atoms with E-state index in [2.05, 4.69) is 0 Å². The van der Waals surface area contributed by atoms with Crippen molar-refractivity contribution in [2.75, 3.05) is 7.11 Å². The molecule has 0 spiro atoms. The van der Waals surface area contributed by atoms with E-state index in [1.807, 2.05) is 6.92 Å². The van der Waals surface area contributed by atoms with Crippen LogP contribution in [-0.4, -0.2) is 18.5 Å². The molecule has 13 heavy (non-hydrogen) atoms. The third-order valence-corrected chi connectivity index (χ3v) is 3.04. The first-order chi connectivity index (χ1) is 6.25. The summed E-state index contributed by atoms with van der Waals surface area (Å²) in [7, 11) is 1.68. The van der Waals surface area contributed by atoms with Gasteiger partial charge >= 0.3 is 0 Å². The number of rotatable bonds is 4. The maximum absolute atomic E-state index is 11.8. The summed E-state index contributed by atoms with van der Waals surface area (Å²) in [4.78, 5) is 11.8. The lowest BCUT2D eigenvalue weighted by molar-refractivity contribution is -0.145. The summed E-state index contributed by atoms with van der Waals surface area (Å²) in [6.45, 7) is 2.05. The van der Waals surface area contributed by atoms with E-state index < -0.39 is 5.60 Å². The fourth-order valence-corrected chi connectivity index (χ4v) is 2.17.